The topological polar surface area (TPSA) is 75.6 Å². The lowest BCUT2D eigenvalue weighted by molar-refractivity contribution is 0.0527. The quantitative estimate of drug-likeness (QED) is 0.895. The molecule has 0 radical (unpaired) electrons. The number of halogens is 1. The summed E-state index contributed by atoms with van der Waals surface area (Å²) >= 11 is 5.78. The van der Waals surface area contributed by atoms with Crippen LogP contribution < -0.4 is 5.32 Å². The van der Waals surface area contributed by atoms with Gasteiger partial charge in [0, 0.05) is 6.54 Å². The smallest absolute Gasteiger partial charge is 0.407 e. The lowest BCUT2D eigenvalue weighted by Gasteiger charge is -2.19. The molecule has 0 aliphatic carbocycles. The Morgan fingerprint density at radius 3 is 2.55 bits per heavy atom. The van der Waals surface area contributed by atoms with E-state index in [1.807, 2.05) is 0 Å². The third-order valence-electron chi connectivity index (χ3n) is 2.34. The van der Waals surface area contributed by atoms with E-state index in [9.17, 15) is 9.59 Å². The van der Waals surface area contributed by atoms with Gasteiger partial charge in [-0.1, -0.05) is 17.7 Å². The van der Waals surface area contributed by atoms with Crippen LogP contribution in [0.4, 0.5) is 4.79 Å². The van der Waals surface area contributed by atoms with Crippen LogP contribution in [-0.4, -0.2) is 29.3 Å². The number of benzene rings is 1. The van der Waals surface area contributed by atoms with Gasteiger partial charge in [-0.05, 0) is 44.9 Å². The van der Waals surface area contributed by atoms with Gasteiger partial charge in [0.15, 0.2) is 0 Å². The number of carbonyl (C=O) groups excluding carboxylic acids is 1. The van der Waals surface area contributed by atoms with Gasteiger partial charge in [-0.2, -0.15) is 0 Å². The fourth-order valence-electron chi connectivity index (χ4n) is 1.51. The molecule has 110 valence electrons. The average molecular weight is 300 g/mol. The van der Waals surface area contributed by atoms with Crippen LogP contribution in [0.3, 0.4) is 0 Å². The van der Waals surface area contributed by atoms with Crippen LogP contribution in [0.15, 0.2) is 18.2 Å². The normalized spacial score (nSPS) is 11.0. The predicted octanol–water partition coefficient (Wildman–Crippen LogP) is 3.11. The minimum Gasteiger partial charge on any atom is -0.478 e. The van der Waals surface area contributed by atoms with Crippen molar-refractivity contribution in [3.63, 3.8) is 0 Å². The lowest BCUT2D eigenvalue weighted by atomic mass is 10.1. The Kier molecular flexibility index (Phi) is 5.39. The highest BCUT2D eigenvalue weighted by Crippen LogP contribution is 2.17. The Morgan fingerprint density at radius 2 is 2.00 bits per heavy atom. The maximum absolute atomic E-state index is 11.4. The van der Waals surface area contributed by atoms with E-state index in [1.54, 1.807) is 26.8 Å². The minimum absolute atomic E-state index is 0.0569. The van der Waals surface area contributed by atoms with E-state index in [-0.39, 0.29) is 10.6 Å². The zero-order chi connectivity index (χ0) is 15.3. The summed E-state index contributed by atoms with van der Waals surface area (Å²) in [4.78, 5) is 22.4. The fraction of sp³-hybridized carbons (Fsp3) is 0.429. The molecule has 0 aliphatic heterocycles. The Hall–Kier alpha value is -1.75. The number of carboxylic acids is 1. The molecule has 0 saturated heterocycles. The van der Waals surface area contributed by atoms with E-state index < -0.39 is 17.7 Å². The summed E-state index contributed by atoms with van der Waals surface area (Å²) in [5.41, 5.74) is 0.296. The van der Waals surface area contributed by atoms with Crippen molar-refractivity contribution in [1.82, 2.24) is 5.32 Å². The number of amides is 1. The van der Waals surface area contributed by atoms with E-state index in [0.29, 0.717) is 13.0 Å². The van der Waals surface area contributed by atoms with Gasteiger partial charge in [-0.15, -0.1) is 0 Å². The van der Waals surface area contributed by atoms with E-state index in [1.165, 1.54) is 12.1 Å². The van der Waals surface area contributed by atoms with Crippen molar-refractivity contribution in [3.8, 4) is 0 Å². The Morgan fingerprint density at radius 1 is 1.35 bits per heavy atom. The van der Waals surface area contributed by atoms with Crippen molar-refractivity contribution in [2.75, 3.05) is 6.54 Å². The number of hydrogen-bond donors (Lipinski definition) is 2. The van der Waals surface area contributed by atoms with Crippen LogP contribution in [0.5, 0.6) is 0 Å². The SMILES string of the molecule is CC(C)(C)OC(=O)NCCc1ccc(Cl)c(C(=O)O)c1. The number of aromatic carboxylic acids is 1. The molecule has 2 N–H and O–H groups in total. The highest BCUT2D eigenvalue weighted by molar-refractivity contribution is 6.33. The van der Waals surface area contributed by atoms with E-state index in [0.717, 1.165) is 5.56 Å². The van der Waals surface area contributed by atoms with Crippen LogP contribution in [0.2, 0.25) is 5.02 Å². The van der Waals surface area contributed by atoms with Crippen LogP contribution >= 0.6 is 11.6 Å². The maximum Gasteiger partial charge on any atom is 0.407 e. The summed E-state index contributed by atoms with van der Waals surface area (Å²) in [5.74, 6) is -1.07. The number of ether oxygens (including phenoxy) is 1. The van der Waals surface area contributed by atoms with Crippen molar-refractivity contribution in [1.29, 1.82) is 0 Å². The Balaban J connectivity index is 2.53. The molecule has 1 aromatic carbocycles. The van der Waals surface area contributed by atoms with Gasteiger partial charge in [-0.25, -0.2) is 9.59 Å². The molecule has 0 saturated carbocycles. The van der Waals surface area contributed by atoms with Crippen molar-refractivity contribution in [3.05, 3.63) is 34.3 Å². The molecule has 0 heterocycles. The Bertz CT molecular complexity index is 508. The number of rotatable bonds is 4. The van der Waals surface area contributed by atoms with Gasteiger partial charge in [0.25, 0.3) is 0 Å². The summed E-state index contributed by atoms with van der Waals surface area (Å²) < 4.78 is 5.09. The third kappa shape index (κ3) is 5.48. The van der Waals surface area contributed by atoms with Crippen molar-refractivity contribution in [2.24, 2.45) is 0 Å². The molecule has 0 aromatic heterocycles. The first-order chi connectivity index (χ1) is 9.19. The summed E-state index contributed by atoms with van der Waals surface area (Å²) in [5, 5.41) is 11.8. The summed E-state index contributed by atoms with van der Waals surface area (Å²) in [6.07, 6.45) is 0.00128. The van der Waals surface area contributed by atoms with Gasteiger partial charge in [0.05, 0.1) is 10.6 Å². The maximum atomic E-state index is 11.4. The van der Waals surface area contributed by atoms with Crippen LogP contribution in [0.1, 0.15) is 36.7 Å². The van der Waals surface area contributed by atoms with Crippen LogP contribution in [0.25, 0.3) is 0 Å². The fourth-order valence-corrected chi connectivity index (χ4v) is 1.71. The lowest BCUT2D eigenvalue weighted by Crippen LogP contribution is -2.33. The second-order valence-corrected chi connectivity index (χ2v) is 5.71. The van der Waals surface area contributed by atoms with Crippen molar-refractivity contribution in [2.45, 2.75) is 32.8 Å². The highest BCUT2D eigenvalue weighted by Gasteiger charge is 2.15. The second-order valence-electron chi connectivity index (χ2n) is 5.30. The first kappa shape index (κ1) is 16.3. The monoisotopic (exact) mass is 299 g/mol. The molecule has 20 heavy (non-hydrogen) atoms. The summed E-state index contributed by atoms with van der Waals surface area (Å²) in [6, 6.07) is 4.76. The zero-order valence-electron chi connectivity index (χ0n) is 11.7. The predicted molar refractivity (Wildman–Crippen MR) is 76.4 cm³/mol. The van der Waals surface area contributed by atoms with E-state index >= 15 is 0 Å². The molecule has 0 spiro atoms. The number of carboxylic acid groups (broad SMARTS) is 1. The molecule has 5 nitrogen and oxygen atoms in total. The molecular formula is C14H18ClNO4. The van der Waals surface area contributed by atoms with Crippen LogP contribution in [-0.2, 0) is 11.2 Å². The standard InChI is InChI=1S/C14H18ClNO4/c1-14(2,3)20-13(19)16-7-6-9-4-5-11(15)10(8-9)12(17)18/h4-5,8H,6-7H2,1-3H3,(H,16,19)(H,17,18). The molecule has 0 unspecified atom stereocenters. The van der Waals surface area contributed by atoms with E-state index in [2.05, 4.69) is 5.32 Å². The molecule has 1 rings (SSSR count). The molecule has 6 heteroatoms. The first-order valence-corrected chi connectivity index (χ1v) is 6.55. The summed E-state index contributed by atoms with van der Waals surface area (Å²) in [6.45, 7) is 5.70. The largest absolute Gasteiger partial charge is 0.478 e. The molecular weight excluding hydrogens is 282 g/mol. The van der Waals surface area contributed by atoms with Gasteiger partial charge >= 0.3 is 12.1 Å². The molecule has 0 atom stereocenters. The molecule has 0 aliphatic rings. The zero-order valence-corrected chi connectivity index (χ0v) is 12.5. The molecule has 0 fully saturated rings. The molecule has 1 amide bonds. The third-order valence-corrected chi connectivity index (χ3v) is 2.67. The average Bonchev–Trinajstić information content (AvgIpc) is 2.28. The van der Waals surface area contributed by atoms with Crippen molar-refractivity contribution < 1.29 is 19.4 Å². The number of carbonyl (C=O) groups is 2. The minimum atomic E-state index is -1.07. The van der Waals surface area contributed by atoms with Gasteiger partial charge in [0.2, 0.25) is 0 Å². The van der Waals surface area contributed by atoms with Crippen LogP contribution in [0, 0.1) is 0 Å². The number of alkyl carbamates (subject to hydrolysis) is 1. The van der Waals surface area contributed by atoms with E-state index in [4.69, 9.17) is 21.4 Å². The van der Waals surface area contributed by atoms with Gasteiger partial charge in [-0.3, -0.25) is 0 Å². The molecule has 0 bridgehead atoms. The molecule has 1 aromatic rings. The Labute approximate surface area is 122 Å². The highest BCUT2D eigenvalue weighted by atomic mass is 35.5. The first-order valence-electron chi connectivity index (χ1n) is 6.17. The summed E-state index contributed by atoms with van der Waals surface area (Å²) in [7, 11) is 0. The number of nitrogens with one attached hydrogen (secondary N) is 1. The second kappa shape index (κ2) is 6.61. The van der Waals surface area contributed by atoms with Crippen molar-refractivity contribution >= 4 is 23.7 Å². The van der Waals surface area contributed by atoms with Gasteiger partial charge < -0.3 is 15.2 Å². The number of hydrogen-bond acceptors (Lipinski definition) is 3. The van der Waals surface area contributed by atoms with Gasteiger partial charge in [0.1, 0.15) is 5.60 Å².